The molecule has 0 aliphatic carbocycles. The van der Waals surface area contributed by atoms with Crippen LogP contribution >= 0.6 is 0 Å². The van der Waals surface area contributed by atoms with E-state index in [0.717, 1.165) is 0 Å². The fourth-order valence-electron chi connectivity index (χ4n) is 0.205. The Balaban J connectivity index is 4.01. The molecule has 0 aliphatic heterocycles. The van der Waals surface area contributed by atoms with Crippen molar-refractivity contribution in [2.24, 2.45) is 20.9 Å². The van der Waals surface area contributed by atoms with Crippen LogP contribution in [0.15, 0.2) is 20.9 Å². The van der Waals surface area contributed by atoms with Gasteiger partial charge in [-0.15, -0.1) is 10.2 Å². The van der Waals surface area contributed by atoms with E-state index in [2.05, 4.69) is 10.2 Å². The molecule has 9 heavy (non-hydrogen) atoms. The number of rotatable bonds is 2. The third-order valence-corrected chi connectivity index (χ3v) is 0.565. The van der Waals surface area contributed by atoms with Crippen molar-refractivity contribution in [2.75, 3.05) is 0 Å². The zero-order chi connectivity index (χ0) is 7.33. The monoisotopic (exact) mass is 136 g/mol. The van der Waals surface area contributed by atoms with Crippen molar-refractivity contribution in [1.29, 1.82) is 0 Å². The normalized spacial score (nSPS) is 13.8. The lowest BCUT2D eigenvalue weighted by molar-refractivity contribution is 0.360. The molecule has 0 unspecified atom stereocenters. The van der Waals surface area contributed by atoms with Gasteiger partial charge < -0.3 is 0 Å². The van der Waals surface area contributed by atoms with Crippen LogP contribution in [0.2, 0.25) is 0 Å². The Morgan fingerprint density at radius 1 is 1.00 bits per heavy atom. The van der Waals surface area contributed by atoms with E-state index in [0.29, 0.717) is 0 Å². The van der Waals surface area contributed by atoms with Crippen LogP contribution in [0, 0.1) is 0 Å². The fraction of sp³-hybridized carbons (Fsp3) is 1.00. The minimum atomic E-state index is -1.23. The van der Waals surface area contributed by atoms with Gasteiger partial charge in [-0.2, -0.15) is 0 Å². The summed E-state index contributed by atoms with van der Waals surface area (Å²) in [6.45, 7) is 2.72. The zero-order valence-corrected chi connectivity index (χ0v) is 5.04. The average Bonchev–Trinajstić information content (AvgIpc) is 1.64. The molecule has 0 amide bonds. The van der Waals surface area contributed by atoms with Gasteiger partial charge in [0.05, 0.1) is 0 Å². The minimum absolute atomic E-state index is 1.23. The first-order valence-corrected chi connectivity index (χ1v) is 2.19. The lowest BCUT2D eigenvalue weighted by Crippen LogP contribution is -2.09. The van der Waals surface area contributed by atoms with Gasteiger partial charge in [0.1, 0.15) is 0 Å². The SMILES string of the molecule is CC(C)(N=NF)N=NF. The van der Waals surface area contributed by atoms with Crippen molar-refractivity contribution in [1.82, 2.24) is 0 Å². The van der Waals surface area contributed by atoms with Crippen molar-refractivity contribution < 1.29 is 8.96 Å². The van der Waals surface area contributed by atoms with Crippen LogP contribution in [0.1, 0.15) is 13.8 Å². The summed E-state index contributed by atoms with van der Waals surface area (Å²) >= 11 is 0. The largest absolute Gasteiger partial charge is 0.191 e. The molecule has 0 aliphatic rings. The van der Waals surface area contributed by atoms with Crippen LogP contribution in [-0.4, -0.2) is 5.66 Å². The molecule has 0 fully saturated rings. The van der Waals surface area contributed by atoms with Crippen LogP contribution in [0.3, 0.4) is 0 Å². The number of hydrogen-bond acceptors (Lipinski definition) is 4. The van der Waals surface area contributed by atoms with Gasteiger partial charge in [0.25, 0.3) is 0 Å². The summed E-state index contributed by atoms with van der Waals surface area (Å²) in [6, 6.07) is 0. The molecule has 0 atom stereocenters. The number of hydrogen-bond donors (Lipinski definition) is 0. The van der Waals surface area contributed by atoms with Crippen LogP contribution in [-0.2, 0) is 0 Å². The molecule has 6 heteroatoms. The van der Waals surface area contributed by atoms with E-state index in [1.165, 1.54) is 13.8 Å². The molecule has 0 saturated heterocycles. The summed E-state index contributed by atoms with van der Waals surface area (Å²) in [5.41, 5.74) is -1.23. The highest BCUT2D eigenvalue weighted by Gasteiger charge is 2.14. The second-order valence-electron chi connectivity index (χ2n) is 1.85. The van der Waals surface area contributed by atoms with E-state index in [1.54, 1.807) is 0 Å². The lowest BCUT2D eigenvalue weighted by Gasteiger charge is -2.04. The molecule has 0 spiro atoms. The molecule has 0 aromatic carbocycles. The minimum Gasteiger partial charge on any atom is -0.128 e. The van der Waals surface area contributed by atoms with Crippen LogP contribution < -0.4 is 0 Å². The molecular weight excluding hydrogens is 130 g/mol. The molecule has 0 radical (unpaired) electrons. The maximum atomic E-state index is 11.0. The van der Waals surface area contributed by atoms with Crippen molar-refractivity contribution >= 4 is 0 Å². The van der Waals surface area contributed by atoms with Gasteiger partial charge in [0.2, 0.25) is 0 Å². The summed E-state index contributed by atoms with van der Waals surface area (Å²) < 4.78 is 22.1. The van der Waals surface area contributed by atoms with Crippen LogP contribution in [0.25, 0.3) is 0 Å². The standard InChI is InChI=1S/C3H6F2N4/c1-3(2,6-8-4)7-9-5/h1-2H3. The predicted octanol–water partition coefficient (Wildman–Crippen LogP) is 2.40. The van der Waals surface area contributed by atoms with Crippen molar-refractivity contribution in [2.45, 2.75) is 19.5 Å². The van der Waals surface area contributed by atoms with Gasteiger partial charge >= 0.3 is 0 Å². The Labute approximate surface area is 50.6 Å². The molecule has 0 aromatic rings. The smallest absolute Gasteiger partial charge is 0.128 e. The molecular formula is C3H6F2N4. The highest BCUT2D eigenvalue weighted by molar-refractivity contribution is 4.67. The number of nitrogens with zero attached hydrogens (tertiary/aromatic N) is 4. The average molecular weight is 136 g/mol. The quantitative estimate of drug-likeness (QED) is 0.523. The maximum Gasteiger partial charge on any atom is 0.191 e. The predicted molar refractivity (Wildman–Crippen MR) is 26.0 cm³/mol. The van der Waals surface area contributed by atoms with Gasteiger partial charge in [0.15, 0.2) is 5.66 Å². The van der Waals surface area contributed by atoms with E-state index in [9.17, 15) is 8.96 Å². The Bertz CT molecular complexity index is 116. The molecule has 0 aromatic heterocycles. The van der Waals surface area contributed by atoms with E-state index in [4.69, 9.17) is 0 Å². The Morgan fingerprint density at radius 2 is 1.33 bits per heavy atom. The van der Waals surface area contributed by atoms with Crippen molar-refractivity contribution in [3.8, 4) is 0 Å². The molecule has 0 bridgehead atoms. The van der Waals surface area contributed by atoms with E-state index >= 15 is 0 Å². The third kappa shape index (κ3) is 3.63. The second-order valence-corrected chi connectivity index (χ2v) is 1.85. The van der Waals surface area contributed by atoms with Crippen LogP contribution in [0.5, 0.6) is 0 Å². The number of halogens is 2. The van der Waals surface area contributed by atoms with Gasteiger partial charge in [-0.3, -0.25) is 0 Å². The molecule has 0 rings (SSSR count). The Morgan fingerprint density at radius 3 is 1.56 bits per heavy atom. The first-order valence-electron chi connectivity index (χ1n) is 2.19. The first-order chi connectivity index (χ1) is 4.12. The summed E-state index contributed by atoms with van der Waals surface area (Å²) in [5, 5.41) is 9.67. The van der Waals surface area contributed by atoms with E-state index in [1.807, 2.05) is 10.7 Å². The highest BCUT2D eigenvalue weighted by atomic mass is 19.2. The van der Waals surface area contributed by atoms with E-state index < -0.39 is 5.66 Å². The lowest BCUT2D eigenvalue weighted by atomic mass is 10.3. The first kappa shape index (κ1) is 8.06. The Kier molecular flexibility index (Phi) is 2.83. The van der Waals surface area contributed by atoms with Gasteiger partial charge in [0, 0.05) is 10.7 Å². The van der Waals surface area contributed by atoms with Crippen molar-refractivity contribution in [3.63, 3.8) is 0 Å². The highest BCUT2D eigenvalue weighted by Crippen LogP contribution is 2.11. The zero-order valence-electron chi connectivity index (χ0n) is 5.04. The molecule has 0 heterocycles. The molecule has 0 N–H and O–H groups in total. The Hall–Kier alpha value is -0.940. The molecule has 52 valence electrons. The summed E-state index contributed by atoms with van der Waals surface area (Å²) in [7, 11) is 0. The van der Waals surface area contributed by atoms with Gasteiger partial charge in [-0.05, 0) is 13.8 Å². The second kappa shape index (κ2) is 3.16. The fourth-order valence-corrected chi connectivity index (χ4v) is 0.205. The van der Waals surface area contributed by atoms with E-state index in [-0.39, 0.29) is 0 Å². The summed E-state index contributed by atoms with van der Waals surface area (Å²) in [6.07, 6.45) is 0. The maximum absolute atomic E-state index is 11.0. The summed E-state index contributed by atoms with van der Waals surface area (Å²) in [5.74, 6) is 0. The molecule has 4 nitrogen and oxygen atoms in total. The van der Waals surface area contributed by atoms with Crippen molar-refractivity contribution in [3.05, 3.63) is 0 Å². The molecule has 0 saturated carbocycles. The van der Waals surface area contributed by atoms with Crippen LogP contribution in [0.4, 0.5) is 8.96 Å². The van der Waals surface area contributed by atoms with Gasteiger partial charge in [-0.25, -0.2) is 0 Å². The third-order valence-electron chi connectivity index (χ3n) is 0.565. The summed E-state index contributed by atoms with van der Waals surface area (Å²) in [4.78, 5) is 0. The van der Waals surface area contributed by atoms with Gasteiger partial charge in [-0.1, -0.05) is 8.96 Å². The topological polar surface area (TPSA) is 49.4 Å².